The Hall–Kier alpha value is -1.14. The number of aliphatic hydroxyl groups excluding tert-OH is 1. The molecule has 0 aromatic heterocycles. The molecular formula is C22H28Cl2N2O2. The smallest absolute Gasteiger partial charge is 0.108 e. The molecule has 3 rings (SSSR count). The summed E-state index contributed by atoms with van der Waals surface area (Å²) in [5, 5.41) is 11.9. The third-order valence-electron chi connectivity index (χ3n) is 5.18. The maximum atomic E-state index is 10.5. The summed E-state index contributed by atoms with van der Waals surface area (Å²) in [6.07, 6.45) is -0.809. The highest BCUT2D eigenvalue weighted by Gasteiger charge is 2.21. The molecule has 6 heteroatoms. The summed E-state index contributed by atoms with van der Waals surface area (Å²) in [5.74, 6) is 0. The van der Waals surface area contributed by atoms with Gasteiger partial charge in [0.15, 0.2) is 0 Å². The van der Waals surface area contributed by atoms with Crippen molar-refractivity contribution in [2.45, 2.75) is 19.1 Å². The van der Waals surface area contributed by atoms with Gasteiger partial charge in [-0.15, -0.1) is 0 Å². The van der Waals surface area contributed by atoms with Gasteiger partial charge in [-0.25, -0.2) is 0 Å². The molecular weight excluding hydrogens is 395 g/mol. The minimum Gasteiger partial charge on any atom is -0.389 e. The zero-order valence-corrected chi connectivity index (χ0v) is 17.7. The van der Waals surface area contributed by atoms with Crippen LogP contribution >= 0.6 is 23.2 Å². The van der Waals surface area contributed by atoms with Crippen LogP contribution in [0.5, 0.6) is 0 Å². The Bertz CT molecular complexity index is 671. The lowest BCUT2D eigenvalue weighted by Gasteiger charge is -2.35. The first-order valence-electron chi connectivity index (χ1n) is 9.80. The molecule has 0 saturated carbocycles. The minimum absolute atomic E-state index is 0.268. The molecule has 152 valence electrons. The normalized spacial score (nSPS) is 17.2. The van der Waals surface area contributed by atoms with E-state index in [0.29, 0.717) is 16.6 Å². The van der Waals surface area contributed by atoms with Gasteiger partial charge in [-0.3, -0.25) is 4.90 Å². The number of piperazine rings is 1. The number of hydrogen-bond acceptors (Lipinski definition) is 4. The molecule has 1 aliphatic heterocycles. The van der Waals surface area contributed by atoms with Crippen LogP contribution in [0.15, 0.2) is 48.5 Å². The van der Waals surface area contributed by atoms with Gasteiger partial charge in [0.2, 0.25) is 0 Å². The number of nitrogens with zero attached hydrogens (tertiary/aromatic N) is 2. The standard InChI is InChI=1S/C22H28Cl2N2O2/c1-2-25-11-13-26(14-12-25)15-21(27)16-28-22(17-3-7-19(23)8-4-17)18-5-9-20(24)10-6-18/h3-10,21-22,27H,2,11-16H2,1H3/t21-/m1/s1. The molecule has 0 radical (unpaired) electrons. The number of benzene rings is 2. The molecule has 1 heterocycles. The molecule has 0 aliphatic carbocycles. The van der Waals surface area contributed by atoms with E-state index in [9.17, 15) is 5.11 Å². The third kappa shape index (κ3) is 6.18. The van der Waals surface area contributed by atoms with Crippen LogP contribution in [0, 0.1) is 0 Å². The molecule has 2 aromatic carbocycles. The van der Waals surface area contributed by atoms with Crippen molar-refractivity contribution in [3.8, 4) is 0 Å². The predicted molar refractivity (Wildman–Crippen MR) is 115 cm³/mol. The van der Waals surface area contributed by atoms with Crippen molar-refractivity contribution >= 4 is 23.2 Å². The summed E-state index contributed by atoms with van der Waals surface area (Å²) in [4.78, 5) is 4.73. The van der Waals surface area contributed by atoms with Crippen molar-refractivity contribution in [2.75, 3.05) is 45.9 Å². The first kappa shape index (κ1) is 21.6. The first-order chi connectivity index (χ1) is 13.5. The summed E-state index contributed by atoms with van der Waals surface area (Å²) in [7, 11) is 0. The quantitative estimate of drug-likeness (QED) is 0.694. The second kappa shape index (κ2) is 10.6. The van der Waals surface area contributed by atoms with Crippen LogP contribution < -0.4 is 0 Å². The molecule has 2 aromatic rings. The Labute approximate surface area is 177 Å². The van der Waals surface area contributed by atoms with E-state index in [1.54, 1.807) is 0 Å². The molecule has 1 saturated heterocycles. The van der Waals surface area contributed by atoms with Gasteiger partial charge < -0.3 is 14.7 Å². The number of likely N-dealkylation sites (N-methyl/N-ethyl adjacent to an activating group) is 1. The summed E-state index contributed by atoms with van der Waals surface area (Å²) in [6.45, 7) is 8.26. The van der Waals surface area contributed by atoms with E-state index in [4.69, 9.17) is 27.9 Å². The fraction of sp³-hybridized carbons (Fsp3) is 0.455. The number of β-amino-alcohol motifs (C(OH)–C–C–N with tert-alkyl or cyclic N) is 1. The Morgan fingerprint density at radius 3 is 1.79 bits per heavy atom. The summed E-state index contributed by atoms with van der Waals surface area (Å²) in [5.41, 5.74) is 1.99. The number of hydrogen-bond donors (Lipinski definition) is 1. The van der Waals surface area contributed by atoms with E-state index in [1.165, 1.54) is 0 Å². The predicted octanol–water partition coefficient (Wildman–Crippen LogP) is 4.10. The van der Waals surface area contributed by atoms with Crippen LogP contribution in [0.3, 0.4) is 0 Å². The maximum absolute atomic E-state index is 10.5. The second-order valence-corrected chi connectivity index (χ2v) is 8.08. The van der Waals surface area contributed by atoms with Crippen LogP contribution in [0.1, 0.15) is 24.2 Å². The van der Waals surface area contributed by atoms with E-state index in [-0.39, 0.29) is 12.7 Å². The van der Waals surface area contributed by atoms with E-state index >= 15 is 0 Å². The van der Waals surface area contributed by atoms with E-state index in [0.717, 1.165) is 43.9 Å². The van der Waals surface area contributed by atoms with Crippen molar-refractivity contribution in [1.29, 1.82) is 0 Å². The lowest BCUT2D eigenvalue weighted by Crippen LogP contribution is -2.48. The summed E-state index contributed by atoms with van der Waals surface area (Å²) < 4.78 is 6.17. The Balaban J connectivity index is 1.61. The molecule has 0 bridgehead atoms. The zero-order chi connectivity index (χ0) is 19.9. The average molecular weight is 423 g/mol. The highest BCUT2D eigenvalue weighted by Crippen LogP contribution is 2.28. The molecule has 1 aliphatic rings. The van der Waals surface area contributed by atoms with Crippen molar-refractivity contribution in [1.82, 2.24) is 9.80 Å². The fourth-order valence-corrected chi connectivity index (χ4v) is 3.76. The van der Waals surface area contributed by atoms with Crippen LogP contribution in [-0.2, 0) is 4.74 Å². The first-order valence-corrected chi connectivity index (χ1v) is 10.6. The molecule has 28 heavy (non-hydrogen) atoms. The molecule has 0 unspecified atom stereocenters. The lowest BCUT2D eigenvalue weighted by atomic mass is 10.0. The number of aliphatic hydroxyl groups is 1. The topological polar surface area (TPSA) is 35.9 Å². The monoisotopic (exact) mass is 422 g/mol. The van der Waals surface area contributed by atoms with Crippen LogP contribution in [0.2, 0.25) is 10.0 Å². The molecule has 1 atom stereocenters. The van der Waals surface area contributed by atoms with Gasteiger partial charge in [-0.1, -0.05) is 54.4 Å². The van der Waals surface area contributed by atoms with Gasteiger partial charge in [0.05, 0.1) is 12.7 Å². The largest absolute Gasteiger partial charge is 0.389 e. The Kier molecular flexibility index (Phi) is 8.15. The van der Waals surface area contributed by atoms with E-state index in [2.05, 4.69) is 16.7 Å². The highest BCUT2D eigenvalue weighted by atomic mass is 35.5. The lowest BCUT2D eigenvalue weighted by molar-refractivity contribution is -0.0142. The molecule has 0 amide bonds. The van der Waals surface area contributed by atoms with E-state index in [1.807, 2.05) is 48.5 Å². The average Bonchev–Trinajstić information content (AvgIpc) is 2.71. The molecule has 4 nitrogen and oxygen atoms in total. The zero-order valence-electron chi connectivity index (χ0n) is 16.2. The van der Waals surface area contributed by atoms with Gasteiger partial charge in [0.25, 0.3) is 0 Å². The number of rotatable bonds is 8. The van der Waals surface area contributed by atoms with Gasteiger partial charge in [-0.05, 0) is 41.9 Å². The highest BCUT2D eigenvalue weighted by molar-refractivity contribution is 6.30. The van der Waals surface area contributed by atoms with Gasteiger partial charge in [0, 0.05) is 42.8 Å². The van der Waals surface area contributed by atoms with Gasteiger partial charge in [-0.2, -0.15) is 0 Å². The molecule has 0 spiro atoms. The minimum atomic E-state index is -0.532. The maximum Gasteiger partial charge on any atom is 0.108 e. The Morgan fingerprint density at radius 2 is 1.32 bits per heavy atom. The third-order valence-corrected chi connectivity index (χ3v) is 5.69. The van der Waals surface area contributed by atoms with Crippen LogP contribution in [-0.4, -0.2) is 66.9 Å². The summed E-state index contributed by atoms with van der Waals surface area (Å²) >= 11 is 12.1. The van der Waals surface area contributed by atoms with Gasteiger partial charge >= 0.3 is 0 Å². The van der Waals surface area contributed by atoms with Crippen LogP contribution in [0.25, 0.3) is 0 Å². The van der Waals surface area contributed by atoms with Gasteiger partial charge in [0.1, 0.15) is 6.10 Å². The SMILES string of the molecule is CCN1CCN(C[C@@H](O)COC(c2ccc(Cl)cc2)c2ccc(Cl)cc2)CC1. The van der Waals surface area contributed by atoms with Crippen molar-refractivity contribution in [3.63, 3.8) is 0 Å². The number of ether oxygens (including phenoxy) is 1. The van der Waals surface area contributed by atoms with Crippen molar-refractivity contribution in [2.24, 2.45) is 0 Å². The fourth-order valence-electron chi connectivity index (χ4n) is 3.51. The number of halogens is 2. The summed E-state index contributed by atoms with van der Waals surface area (Å²) in [6, 6.07) is 15.2. The molecule has 1 N–H and O–H groups in total. The second-order valence-electron chi connectivity index (χ2n) is 7.21. The van der Waals surface area contributed by atoms with Crippen LogP contribution in [0.4, 0.5) is 0 Å². The van der Waals surface area contributed by atoms with Crippen molar-refractivity contribution in [3.05, 3.63) is 69.7 Å². The van der Waals surface area contributed by atoms with Crippen molar-refractivity contribution < 1.29 is 9.84 Å². The van der Waals surface area contributed by atoms with E-state index < -0.39 is 6.10 Å². The Morgan fingerprint density at radius 1 is 0.857 bits per heavy atom. The molecule has 1 fully saturated rings.